The standard InChI is InChI=1S/C25H20Cl2N2O4S/c1-3-32-25(31)19-11-28-23(27)21-16(13-34-22(19)21)12-33-20-10-18(9-4-14(20)2)29-24(30)15-5-7-17(26)8-6-15/h4-11,13H,3,12H2,1-2H3,(H,29,30). The maximum atomic E-state index is 12.5. The highest BCUT2D eigenvalue weighted by molar-refractivity contribution is 7.17. The lowest BCUT2D eigenvalue weighted by Crippen LogP contribution is -2.11. The van der Waals surface area contributed by atoms with Crippen LogP contribution >= 0.6 is 34.5 Å². The molecule has 6 nitrogen and oxygen atoms in total. The summed E-state index contributed by atoms with van der Waals surface area (Å²) in [5.41, 5.74) is 3.18. The van der Waals surface area contributed by atoms with Gasteiger partial charge in [0.05, 0.1) is 16.9 Å². The summed E-state index contributed by atoms with van der Waals surface area (Å²) < 4.78 is 11.9. The summed E-state index contributed by atoms with van der Waals surface area (Å²) in [5, 5.41) is 6.28. The summed E-state index contributed by atoms with van der Waals surface area (Å²) in [7, 11) is 0. The molecule has 0 atom stereocenters. The van der Waals surface area contributed by atoms with E-state index in [2.05, 4.69) is 10.3 Å². The van der Waals surface area contributed by atoms with Crippen LogP contribution in [0.15, 0.2) is 54.0 Å². The van der Waals surface area contributed by atoms with E-state index in [9.17, 15) is 9.59 Å². The summed E-state index contributed by atoms with van der Waals surface area (Å²) in [6, 6.07) is 12.1. The molecule has 0 aliphatic carbocycles. The number of rotatable bonds is 7. The van der Waals surface area contributed by atoms with Gasteiger partial charge in [0.25, 0.3) is 5.91 Å². The number of nitrogens with zero attached hydrogens (tertiary/aromatic N) is 1. The Morgan fingerprint density at radius 2 is 1.88 bits per heavy atom. The number of hydrogen-bond acceptors (Lipinski definition) is 6. The number of aryl methyl sites for hydroxylation is 1. The van der Waals surface area contributed by atoms with E-state index in [1.54, 1.807) is 37.3 Å². The van der Waals surface area contributed by atoms with Crippen LogP contribution in [0.25, 0.3) is 10.1 Å². The van der Waals surface area contributed by atoms with Crippen molar-refractivity contribution in [1.29, 1.82) is 0 Å². The Labute approximate surface area is 210 Å². The van der Waals surface area contributed by atoms with Crippen molar-refractivity contribution in [2.24, 2.45) is 0 Å². The van der Waals surface area contributed by atoms with E-state index in [0.717, 1.165) is 11.1 Å². The van der Waals surface area contributed by atoms with Gasteiger partial charge in [-0.15, -0.1) is 11.3 Å². The number of carbonyl (C=O) groups is 2. The predicted octanol–water partition coefficient (Wildman–Crippen LogP) is 6.92. The summed E-state index contributed by atoms with van der Waals surface area (Å²) in [5.74, 6) is -0.0792. The van der Waals surface area contributed by atoms with E-state index in [-0.39, 0.29) is 19.1 Å². The molecule has 0 bridgehead atoms. The average Bonchev–Trinajstić information content (AvgIpc) is 3.25. The first-order valence-electron chi connectivity index (χ1n) is 10.4. The number of esters is 1. The number of hydrogen-bond donors (Lipinski definition) is 1. The smallest absolute Gasteiger partial charge is 0.341 e. The van der Waals surface area contributed by atoms with Crippen LogP contribution in [0.5, 0.6) is 5.75 Å². The maximum absolute atomic E-state index is 12.5. The molecule has 0 fully saturated rings. The van der Waals surface area contributed by atoms with Crippen molar-refractivity contribution in [3.63, 3.8) is 0 Å². The van der Waals surface area contributed by atoms with Crippen LogP contribution in [0.3, 0.4) is 0 Å². The fourth-order valence-electron chi connectivity index (χ4n) is 3.32. The van der Waals surface area contributed by atoms with Gasteiger partial charge in [-0.3, -0.25) is 4.79 Å². The van der Waals surface area contributed by atoms with Gasteiger partial charge in [-0.2, -0.15) is 0 Å². The molecule has 2 aromatic carbocycles. The topological polar surface area (TPSA) is 77.5 Å². The van der Waals surface area contributed by atoms with E-state index in [0.29, 0.717) is 42.8 Å². The zero-order valence-corrected chi connectivity index (χ0v) is 20.7. The van der Waals surface area contributed by atoms with Crippen LogP contribution in [0.1, 0.15) is 38.8 Å². The molecule has 4 rings (SSSR count). The first-order valence-corrected chi connectivity index (χ1v) is 12.0. The molecule has 0 aliphatic heterocycles. The molecule has 0 saturated carbocycles. The summed E-state index contributed by atoms with van der Waals surface area (Å²) in [6.45, 7) is 4.15. The maximum Gasteiger partial charge on any atom is 0.341 e. The van der Waals surface area contributed by atoms with Crippen LogP contribution in [0.4, 0.5) is 5.69 Å². The number of benzene rings is 2. The second kappa shape index (κ2) is 10.4. The Bertz CT molecular complexity index is 1370. The molecular weight excluding hydrogens is 495 g/mol. The van der Waals surface area contributed by atoms with Crippen LogP contribution in [0.2, 0.25) is 10.2 Å². The SMILES string of the molecule is CCOC(=O)c1cnc(Cl)c2c(COc3cc(NC(=O)c4ccc(Cl)cc4)ccc3C)csc12. The normalized spacial score (nSPS) is 10.8. The van der Waals surface area contributed by atoms with Crippen LogP contribution in [0, 0.1) is 6.92 Å². The Kier molecular flexibility index (Phi) is 7.36. The van der Waals surface area contributed by atoms with Crippen molar-refractivity contribution in [3.8, 4) is 5.75 Å². The first kappa shape index (κ1) is 24.0. The Morgan fingerprint density at radius 1 is 1.12 bits per heavy atom. The summed E-state index contributed by atoms with van der Waals surface area (Å²) in [4.78, 5) is 29.0. The minimum Gasteiger partial charge on any atom is -0.489 e. The van der Waals surface area contributed by atoms with Gasteiger partial charge < -0.3 is 14.8 Å². The van der Waals surface area contributed by atoms with Gasteiger partial charge in [0, 0.05) is 39.5 Å². The summed E-state index contributed by atoms with van der Waals surface area (Å²) in [6.07, 6.45) is 1.43. The highest BCUT2D eigenvalue weighted by Crippen LogP contribution is 2.35. The van der Waals surface area contributed by atoms with Crippen LogP contribution < -0.4 is 10.1 Å². The van der Waals surface area contributed by atoms with E-state index >= 15 is 0 Å². The van der Waals surface area contributed by atoms with Gasteiger partial charge in [-0.25, -0.2) is 9.78 Å². The number of anilines is 1. The van der Waals surface area contributed by atoms with Crippen molar-refractivity contribution >= 4 is 62.2 Å². The van der Waals surface area contributed by atoms with Gasteiger partial charge in [0.15, 0.2) is 0 Å². The lowest BCUT2D eigenvalue weighted by molar-refractivity contribution is 0.0528. The molecule has 0 unspecified atom stereocenters. The summed E-state index contributed by atoms with van der Waals surface area (Å²) >= 11 is 13.6. The number of pyridine rings is 1. The molecule has 0 spiro atoms. The fourth-order valence-corrected chi connectivity index (χ4v) is 4.82. The van der Waals surface area contributed by atoms with E-state index in [4.69, 9.17) is 32.7 Å². The van der Waals surface area contributed by atoms with E-state index in [1.807, 2.05) is 24.4 Å². The van der Waals surface area contributed by atoms with Crippen molar-refractivity contribution in [2.75, 3.05) is 11.9 Å². The van der Waals surface area contributed by atoms with Crippen molar-refractivity contribution in [3.05, 3.63) is 86.5 Å². The molecule has 1 amide bonds. The second-order valence-corrected chi connectivity index (χ2v) is 9.05. The van der Waals surface area contributed by atoms with E-state index < -0.39 is 5.97 Å². The lowest BCUT2D eigenvalue weighted by atomic mass is 10.1. The van der Waals surface area contributed by atoms with Crippen LogP contribution in [-0.4, -0.2) is 23.5 Å². The molecule has 9 heteroatoms. The molecule has 0 radical (unpaired) electrons. The molecule has 1 N–H and O–H groups in total. The Hall–Kier alpha value is -3.13. The monoisotopic (exact) mass is 514 g/mol. The molecule has 174 valence electrons. The van der Waals surface area contributed by atoms with Gasteiger partial charge in [0.1, 0.15) is 17.5 Å². The fraction of sp³-hybridized carbons (Fsp3) is 0.160. The Morgan fingerprint density at radius 3 is 2.62 bits per heavy atom. The zero-order valence-electron chi connectivity index (χ0n) is 18.4. The number of carbonyl (C=O) groups excluding carboxylic acids is 2. The first-order chi connectivity index (χ1) is 16.4. The molecule has 0 saturated heterocycles. The highest BCUT2D eigenvalue weighted by Gasteiger charge is 2.19. The molecule has 0 aliphatic rings. The average molecular weight is 515 g/mol. The van der Waals surface area contributed by atoms with Gasteiger partial charge in [-0.05, 0) is 55.1 Å². The molecular formula is C25H20Cl2N2O4S. The number of thiophene rings is 1. The minimum absolute atomic E-state index is 0.211. The number of aromatic nitrogens is 1. The molecule has 4 aromatic rings. The van der Waals surface area contributed by atoms with Gasteiger partial charge >= 0.3 is 5.97 Å². The van der Waals surface area contributed by atoms with Crippen LogP contribution in [-0.2, 0) is 11.3 Å². The number of nitrogens with one attached hydrogen (secondary N) is 1. The third-order valence-electron chi connectivity index (χ3n) is 5.06. The quantitative estimate of drug-likeness (QED) is 0.214. The number of halogens is 2. The third-order valence-corrected chi connectivity index (χ3v) is 6.66. The van der Waals surface area contributed by atoms with Crippen molar-refractivity contribution in [1.82, 2.24) is 4.98 Å². The second-order valence-electron chi connectivity index (χ2n) is 7.38. The van der Waals surface area contributed by atoms with Gasteiger partial charge in [0.2, 0.25) is 0 Å². The Balaban J connectivity index is 1.53. The van der Waals surface area contributed by atoms with Gasteiger partial charge in [-0.1, -0.05) is 29.3 Å². The molecule has 2 aromatic heterocycles. The zero-order chi connectivity index (χ0) is 24.2. The lowest BCUT2D eigenvalue weighted by Gasteiger charge is -2.12. The van der Waals surface area contributed by atoms with Crippen molar-refractivity contribution in [2.45, 2.75) is 20.5 Å². The largest absolute Gasteiger partial charge is 0.489 e. The number of amides is 1. The van der Waals surface area contributed by atoms with E-state index in [1.165, 1.54) is 17.5 Å². The molecule has 34 heavy (non-hydrogen) atoms. The predicted molar refractivity (Wildman–Crippen MR) is 136 cm³/mol. The number of fused-ring (bicyclic) bond motifs is 1. The third kappa shape index (κ3) is 5.17. The van der Waals surface area contributed by atoms with Crippen molar-refractivity contribution < 1.29 is 19.1 Å². The molecule has 2 heterocycles. The number of ether oxygens (including phenoxy) is 2. The highest BCUT2D eigenvalue weighted by atomic mass is 35.5. The minimum atomic E-state index is -0.439.